The Morgan fingerprint density at radius 1 is 1.03 bits per heavy atom. The van der Waals surface area contributed by atoms with Gasteiger partial charge in [0.1, 0.15) is 0 Å². The van der Waals surface area contributed by atoms with E-state index < -0.39 is 0 Å². The van der Waals surface area contributed by atoms with Crippen molar-refractivity contribution in [3.63, 3.8) is 0 Å². The smallest absolute Gasteiger partial charge is 0.264 e. The van der Waals surface area contributed by atoms with E-state index in [1.54, 1.807) is 18.2 Å². The van der Waals surface area contributed by atoms with E-state index in [1.807, 2.05) is 12.1 Å². The molecule has 0 aliphatic carbocycles. The summed E-state index contributed by atoms with van der Waals surface area (Å²) in [5.74, 6) is -0.167. The molecule has 0 saturated carbocycles. The minimum atomic E-state index is -0.167. The molecule has 1 aliphatic rings. The lowest BCUT2D eigenvalue weighted by Gasteiger charge is -2.10. The summed E-state index contributed by atoms with van der Waals surface area (Å²) in [7, 11) is 0. The maximum absolute atomic E-state index is 12.5. The third-order valence-electron chi connectivity index (χ3n) is 4.80. The van der Waals surface area contributed by atoms with Crippen LogP contribution in [0.3, 0.4) is 0 Å². The van der Waals surface area contributed by atoms with Crippen LogP contribution >= 0.6 is 35.0 Å². The predicted octanol–water partition coefficient (Wildman–Crippen LogP) is 6.60. The first-order valence-corrected chi connectivity index (χ1v) is 10.9. The zero-order valence-electron chi connectivity index (χ0n) is 16.7. The minimum Gasteiger partial charge on any atom is -0.318 e. The Labute approximate surface area is 189 Å². The molecule has 1 fully saturated rings. The number of nitrogens with zero attached hydrogens (tertiary/aromatic N) is 2. The quantitative estimate of drug-likeness (QED) is 0.452. The molecule has 1 N–H and O–H groups in total. The second-order valence-electron chi connectivity index (χ2n) is 7.08. The number of amides is 1. The number of carbonyl (C=O) groups excluding carboxylic acids is 1. The molecule has 4 nitrogen and oxygen atoms in total. The summed E-state index contributed by atoms with van der Waals surface area (Å²) in [6.07, 6.45) is 1.91. The molecule has 1 amide bonds. The van der Waals surface area contributed by atoms with Crippen molar-refractivity contribution in [1.29, 1.82) is 0 Å². The van der Waals surface area contributed by atoms with Crippen molar-refractivity contribution in [1.82, 2.24) is 9.88 Å². The van der Waals surface area contributed by atoms with E-state index in [0.29, 0.717) is 25.8 Å². The number of rotatable bonds is 3. The summed E-state index contributed by atoms with van der Waals surface area (Å²) in [4.78, 5) is 17.5. The maximum atomic E-state index is 12.5. The van der Waals surface area contributed by atoms with Gasteiger partial charge in [0.25, 0.3) is 5.91 Å². The van der Waals surface area contributed by atoms with Crippen LogP contribution < -0.4 is 5.32 Å². The highest BCUT2D eigenvalue weighted by atomic mass is 35.5. The molecule has 0 bridgehead atoms. The van der Waals surface area contributed by atoms with Gasteiger partial charge in [-0.3, -0.25) is 4.79 Å². The van der Waals surface area contributed by atoms with Gasteiger partial charge in [0.05, 0.1) is 20.6 Å². The first kappa shape index (κ1) is 20.8. The highest BCUT2D eigenvalue weighted by molar-refractivity contribution is 8.18. The van der Waals surface area contributed by atoms with Crippen LogP contribution in [0, 0.1) is 20.8 Å². The van der Waals surface area contributed by atoms with E-state index in [2.05, 4.69) is 59.9 Å². The maximum Gasteiger partial charge on any atom is 0.264 e. The van der Waals surface area contributed by atoms with Crippen molar-refractivity contribution in [2.45, 2.75) is 20.8 Å². The molecule has 3 aromatic rings. The SMILES string of the molecule is Cc1cccc(-n2c(C)cc(/C=C3\SC(=Nc4ccc(Cl)c(Cl)c4)NC3=O)c2C)c1. The number of amidine groups is 1. The van der Waals surface area contributed by atoms with E-state index in [0.717, 1.165) is 22.6 Å². The van der Waals surface area contributed by atoms with E-state index in [1.165, 1.54) is 17.3 Å². The third kappa shape index (κ3) is 4.19. The van der Waals surface area contributed by atoms with Crippen LogP contribution in [-0.4, -0.2) is 15.6 Å². The molecule has 4 rings (SSSR count). The number of aliphatic imine (C=N–C) groups is 1. The Kier molecular flexibility index (Phi) is 5.78. The average Bonchev–Trinajstić information content (AvgIpc) is 3.17. The molecule has 152 valence electrons. The van der Waals surface area contributed by atoms with Gasteiger partial charge in [0.15, 0.2) is 5.17 Å². The summed E-state index contributed by atoms with van der Waals surface area (Å²) in [6.45, 7) is 6.20. The molecule has 2 aromatic carbocycles. The second kappa shape index (κ2) is 8.34. The van der Waals surface area contributed by atoms with E-state index in [-0.39, 0.29) is 5.91 Å². The summed E-state index contributed by atoms with van der Waals surface area (Å²) in [5, 5.41) is 4.21. The molecule has 1 aliphatic heterocycles. The second-order valence-corrected chi connectivity index (χ2v) is 8.93. The lowest BCUT2D eigenvalue weighted by atomic mass is 10.2. The van der Waals surface area contributed by atoms with Gasteiger partial charge in [-0.15, -0.1) is 0 Å². The number of halogens is 2. The van der Waals surface area contributed by atoms with Gasteiger partial charge >= 0.3 is 0 Å². The highest BCUT2D eigenvalue weighted by Crippen LogP contribution is 2.32. The molecule has 0 unspecified atom stereocenters. The lowest BCUT2D eigenvalue weighted by Crippen LogP contribution is -2.19. The average molecular weight is 456 g/mol. The van der Waals surface area contributed by atoms with Gasteiger partial charge < -0.3 is 9.88 Å². The fraction of sp³-hybridized carbons (Fsp3) is 0.130. The Bertz CT molecular complexity index is 1230. The van der Waals surface area contributed by atoms with Gasteiger partial charge in [0.2, 0.25) is 0 Å². The van der Waals surface area contributed by atoms with Crippen molar-refractivity contribution in [3.8, 4) is 5.69 Å². The third-order valence-corrected chi connectivity index (χ3v) is 6.45. The van der Waals surface area contributed by atoms with Gasteiger partial charge in [-0.2, -0.15) is 0 Å². The number of thioether (sulfide) groups is 1. The molecule has 2 heterocycles. The molecular formula is C23H19Cl2N3OS. The zero-order valence-corrected chi connectivity index (χ0v) is 19.0. The van der Waals surface area contributed by atoms with E-state index in [4.69, 9.17) is 23.2 Å². The van der Waals surface area contributed by atoms with E-state index >= 15 is 0 Å². The molecule has 30 heavy (non-hydrogen) atoms. The topological polar surface area (TPSA) is 46.4 Å². The van der Waals surface area contributed by atoms with Crippen molar-refractivity contribution in [2.75, 3.05) is 0 Å². The van der Waals surface area contributed by atoms with Gasteiger partial charge in [-0.25, -0.2) is 4.99 Å². The standard InChI is InChI=1S/C23H19Cl2N3OS/c1-13-5-4-6-18(9-13)28-14(2)10-16(15(28)3)11-21-22(29)27-23(30-21)26-17-7-8-19(24)20(25)12-17/h4-12H,1-3H3,(H,26,27,29)/b21-11-. The normalized spacial score (nSPS) is 16.5. The van der Waals surface area contributed by atoms with Crippen LogP contribution in [-0.2, 0) is 4.79 Å². The summed E-state index contributed by atoms with van der Waals surface area (Å²) >= 11 is 13.3. The zero-order chi connectivity index (χ0) is 21.4. The molecular weight excluding hydrogens is 437 g/mol. The van der Waals surface area contributed by atoms with Crippen LogP contribution in [0.25, 0.3) is 11.8 Å². The van der Waals surface area contributed by atoms with Crippen molar-refractivity contribution >= 4 is 57.8 Å². The van der Waals surface area contributed by atoms with Crippen LogP contribution in [0.1, 0.15) is 22.5 Å². The Morgan fingerprint density at radius 3 is 2.57 bits per heavy atom. The van der Waals surface area contributed by atoms with Crippen molar-refractivity contribution < 1.29 is 4.79 Å². The van der Waals surface area contributed by atoms with Crippen LogP contribution in [0.4, 0.5) is 5.69 Å². The predicted molar refractivity (Wildman–Crippen MR) is 127 cm³/mol. The number of benzene rings is 2. The van der Waals surface area contributed by atoms with E-state index in [9.17, 15) is 4.79 Å². The first-order valence-electron chi connectivity index (χ1n) is 9.32. The fourth-order valence-corrected chi connectivity index (χ4v) is 4.52. The highest BCUT2D eigenvalue weighted by Gasteiger charge is 2.24. The number of aryl methyl sites for hydroxylation is 2. The Balaban J connectivity index is 1.64. The molecule has 1 aromatic heterocycles. The number of aromatic nitrogens is 1. The lowest BCUT2D eigenvalue weighted by molar-refractivity contribution is -0.115. The molecule has 0 spiro atoms. The summed E-state index contributed by atoms with van der Waals surface area (Å²) in [5.41, 5.74) is 6.13. The molecule has 7 heteroatoms. The molecule has 1 saturated heterocycles. The van der Waals surface area contributed by atoms with Crippen molar-refractivity contribution in [2.24, 2.45) is 4.99 Å². The minimum absolute atomic E-state index is 0.167. The Hall–Kier alpha value is -2.47. The fourth-order valence-electron chi connectivity index (χ4n) is 3.39. The largest absolute Gasteiger partial charge is 0.318 e. The summed E-state index contributed by atoms with van der Waals surface area (Å²) in [6, 6.07) is 15.6. The van der Waals surface area contributed by atoms with Crippen LogP contribution in [0.15, 0.2) is 58.4 Å². The van der Waals surface area contributed by atoms with Crippen molar-refractivity contribution in [3.05, 3.63) is 86.0 Å². The number of nitrogens with one attached hydrogen (secondary N) is 1. The number of carbonyl (C=O) groups is 1. The number of hydrogen-bond acceptors (Lipinski definition) is 3. The van der Waals surface area contributed by atoms with Crippen LogP contribution in [0.2, 0.25) is 10.0 Å². The monoisotopic (exact) mass is 455 g/mol. The molecule has 0 atom stereocenters. The Morgan fingerprint density at radius 2 is 1.83 bits per heavy atom. The van der Waals surface area contributed by atoms with Crippen LogP contribution in [0.5, 0.6) is 0 Å². The van der Waals surface area contributed by atoms with Gasteiger partial charge in [-0.05, 0) is 86.1 Å². The summed E-state index contributed by atoms with van der Waals surface area (Å²) < 4.78 is 2.20. The molecule has 0 radical (unpaired) electrons. The number of hydrogen-bond donors (Lipinski definition) is 1. The first-order chi connectivity index (χ1) is 14.3. The van der Waals surface area contributed by atoms with Gasteiger partial charge in [0, 0.05) is 17.1 Å². The van der Waals surface area contributed by atoms with Gasteiger partial charge in [-0.1, -0.05) is 35.3 Å².